The lowest BCUT2D eigenvalue weighted by atomic mass is 10.0. The van der Waals surface area contributed by atoms with Crippen molar-refractivity contribution in [2.45, 2.75) is 11.8 Å². The highest BCUT2D eigenvalue weighted by Gasteiger charge is 2.29. The number of rotatable bonds is 5. The van der Waals surface area contributed by atoms with Gasteiger partial charge in [-0.1, -0.05) is 36.4 Å². The van der Waals surface area contributed by atoms with Crippen LogP contribution in [0.2, 0.25) is 0 Å². The van der Waals surface area contributed by atoms with Crippen LogP contribution in [0.15, 0.2) is 71.6 Å². The van der Waals surface area contributed by atoms with Crippen LogP contribution in [0, 0.1) is 12.7 Å². The zero-order valence-corrected chi connectivity index (χ0v) is 20.4. The predicted octanol–water partition coefficient (Wildman–Crippen LogP) is 4.42. The van der Waals surface area contributed by atoms with E-state index in [0.717, 1.165) is 10.8 Å². The fraction of sp³-hybridized carbons (Fsp3) is 0.231. The summed E-state index contributed by atoms with van der Waals surface area (Å²) in [5.41, 5.74) is 2.66. The average Bonchev–Trinajstić information content (AvgIpc) is 2.86. The number of hydrogen-bond acceptors (Lipinski definition) is 6. The lowest BCUT2D eigenvalue weighted by Crippen LogP contribution is -2.47. The molecule has 0 radical (unpaired) electrons. The van der Waals surface area contributed by atoms with Crippen molar-refractivity contribution in [2.75, 3.05) is 38.5 Å². The summed E-state index contributed by atoms with van der Waals surface area (Å²) in [6.07, 6.45) is 0. The Morgan fingerprint density at radius 2 is 1.57 bits per heavy atom. The number of aromatic nitrogens is 2. The van der Waals surface area contributed by atoms with Gasteiger partial charge < -0.3 is 10.2 Å². The Labute approximate surface area is 204 Å². The molecule has 180 valence electrons. The molecule has 3 aromatic carbocycles. The van der Waals surface area contributed by atoms with Crippen molar-refractivity contribution in [3.05, 3.63) is 78.1 Å². The number of anilines is 2. The Kier molecular flexibility index (Phi) is 6.22. The van der Waals surface area contributed by atoms with Crippen molar-refractivity contribution in [3.8, 4) is 11.3 Å². The summed E-state index contributed by atoms with van der Waals surface area (Å²) in [6.45, 7) is 4.16. The standard InChI is InChI=1S/C26H26FN5O2S/c1-18-7-8-19(17-24(18)35(33,34)32-15-13-31(2)14-16-32)25-22-5-3-4-6-23(22)26(30-29-25)28-21-11-9-20(27)10-12-21/h3-12,17H,13-16H2,1-2H3,(H,28,30). The molecule has 1 aliphatic heterocycles. The number of aryl methyl sites for hydroxylation is 1. The first-order chi connectivity index (χ1) is 16.8. The maximum Gasteiger partial charge on any atom is 0.243 e. The zero-order chi connectivity index (χ0) is 24.6. The number of nitrogens with zero attached hydrogens (tertiary/aromatic N) is 4. The molecule has 0 spiro atoms. The van der Waals surface area contributed by atoms with E-state index >= 15 is 0 Å². The van der Waals surface area contributed by atoms with Crippen molar-refractivity contribution in [1.29, 1.82) is 0 Å². The van der Waals surface area contributed by atoms with Gasteiger partial charge in [-0.05, 0) is 49.9 Å². The highest BCUT2D eigenvalue weighted by Crippen LogP contribution is 2.33. The number of sulfonamides is 1. The third-order valence-corrected chi connectivity index (χ3v) is 8.38. The van der Waals surface area contributed by atoms with E-state index in [4.69, 9.17) is 0 Å². The molecule has 7 nitrogen and oxygen atoms in total. The Morgan fingerprint density at radius 1 is 0.886 bits per heavy atom. The summed E-state index contributed by atoms with van der Waals surface area (Å²) in [5.74, 6) is 0.219. The lowest BCUT2D eigenvalue weighted by Gasteiger charge is -2.32. The molecule has 1 saturated heterocycles. The Bertz CT molecular complexity index is 1480. The first kappa shape index (κ1) is 23.3. The van der Waals surface area contributed by atoms with E-state index in [2.05, 4.69) is 20.4 Å². The van der Waals surface area contributed by atoms with E-state index in [1.165, 1.54) is 12.1 Å². The number of likely N-dealkylation sites (N-methyl/N-ethyl adjacent to an activating group) is 1. The quantitative estimate of drug-likeness (QED) is 0.445. The number of halogens is 1. The minimum atomic E-state index is -3.64. The number of nitrogens with one attached hydrogen (secondary N) is 1. The molecule has 0 amide bonds. The summed E-state index contributed by atoms with van der Waals surface area (Å²) in [7, 11) is -1.64. The largest absolute Gasteiger partial charge is 0.338 e. The van der Waals surface area contributed by atoms with Gasteiger partial charge in [-0.2, -0.15) is 4.31 Å². The average molecular weight is 492 g/mol. The third kappa shape index (κ3) is 4.62. The van der Waals surface area contributed by atoms with E-state index in [1.54, 1.807) is 22.5 Å². The monoisotopic (exact) mass is 491 g/mol. The summed E-state index contributed by atoms with van der Waals surface area (Å²) in [6, 6.07) is 19.1. The van der Waals surface area contributed by atoms with Gasteiger partial charge in [-0.3, -0.25) is 0 Å². The van der Waals surface area contributed by atoms with Gasteiger partial charge in [-0.25, -0.2) is 12.8 Å². The van der Waals surface area contributed by atoms with Crippen molar-refractivity contribution in [3.63, 3.8) is 0 Å². The molecule has 9 heteroatoms. The SMILES string of the molecule is Cc1ccc(-c2nnc(Nc3ccc(F)cc3)c3ccccc23)cc1S(=O)(=O)N1CCN(C)CC1. The van der Waals surface area contributed by atoms with E-state index < -0.39 is 10.0 Å². The number of fused-ring (bicyclic) bond motifs is 1. The maximum absolute atomic E-state index is 13.5. The van der Waals surface area contributed by atoms with E-state index in [1.807, 2.05) is 50.4 Å². The molecule has 0 atom stereocenters. The van der Waals surface area contributed by atoms with Crippen molar-refractivity contribution in [2.24, 2.45) is 0 Å². The molecule has 1 fully saturated rings. The van der Waals surface area contributed by atoms with Crippen LogP contribution in [0.25, 0.3) is 22.0 Å². The van der Waals surface area contributed by atoms with E-state index in [0.29, 0.717) is 59.4 Å². The maximum atomic E-state index is 13.5. The van der Waals surface area contributed by atoms with Crippen LogP contribution in [0.3, 0.4) is 0 Å². The van der Waals surface area contributed by atoms with Crippen molar-refractivity contribution >= 4 is 32.3 Å². The highest BCUT2D eigenvalue weighted by molar-refractivity contribution is 7.89. The Balaban J connectivity index is 1.55. The molecule has 5 rings (SSSR count). The molecule has 35 heavy (non-hydrogen) atoms. The fourth-order valence-electron chi connectivity index (χ4n) is 4.27. The molecule has 1 aromatic heterocycles. The van der Waals surface area contributed by atoms with E-state index in [9.17, 15) is 12.8 Å². The molecular weight excluding hydrogens is 465 g/mol. The van der Waals surface area contributed by atoms with Gasteiger partial charge in [0.15, 0.2) is 5.82 Å². The second-order valence-electron chi connectivity index (χ2n) is 8.76. The van der Waals surface area contributed by atoms with Crippen LogP contribution in [0.4, 0.5) is 15.9 Å². The zero-order valence-electron chi connectivity index (χ0n) is 19.6. The third-order valence-electron chi connectivity index (χ3n) is 6.34. The van der Waals surface area contributed by atoms with Gasteiger partial charge in [0.2, 0.25) is 10.0 Å². The molecule has 1 aliphatic rings. The van der Waals surface area contributed by atoms with Gasteiger partial charge in [0.1, 0.15) is 11.5 Å². The number of hydrogen-bond donors (Lipinski definition) is 1. The Hall–Kier alpha value is -3.40. The number of benzene rings is 3. The van der Waals surface area contributed by atoms with Crippen molar-refractivity contribution in [1.82, 2.24) is 19.4 Å². The van der Waals surface area contributed by atoms with Crippen LogP contribution in [0.5, 0.6) is 0 Å². The number of piperazine rings is 1. The second kappa shape index (κ2) is 9.33. The molecule has 1 N–H and O–H groups in total. The summed E-state index contributed by atoms with van der Waals surface area (Å²) in [4.78, 5) is 2.41. The normalized spacial score (nSPS) is 15.4. The smallest absolute Gasteiger partial charge is 0.243 e. The van der Waals surface area contributed by atoms with Crippen LogP contribution in [-0.4, -0.2) is 61.0 Å². The molecule has 0 unspecified atom stereocenters. The summed E-state index contributed by atoms with van der Waals surface area (Å²) >= 11 is 0. The van der Waals surface area contributed by atoms with Gasteiger partial charge in [-0.15, -0.1) is 10.2 Å². The highest BCUT2D eigenvalue weighted by atomic mass is 32.2. The molecule has 0 bridgehead atoms. The minimum absolute atomic E-state index is 0.291. The van der Waals surface area contributed by atoms with Crippen LogP contribution >= 0.6 is 0 Å². The lowest BCUT2D eigenvalue weighted by molar-refractivity contribution is 0.222. The molecular formula is C26H26FN5O2S. The van der Waals surface area contributed by atoms with Crippen LogP contribution in [0.1, 0.15) is 5.56 Å². The van der Waals surface area contributed by atoms with Crippen LogP contribution < -0.4 is 5.32 Å². The van der Waals surface area contributed by atoms with Crippen molar-refractivity contribution < 1.29 is 12.8 Å². The van der Waals surface area contributed by atoms with Crippen LogP contribution in [-0.2, 0) is 10.0 Å². The molecule has 0 saturated carbocycles. The van der Waals surface area contributed by atoms with Gasteiger partial charge in [0.05, 0.1) is 4.90 Å². The Morgan fingerprint density at radius 3 is 2.29 bits per heavy atom. The van der Waals surface area contributed by atoms with Gasteiger partial charge in [0, 0.05) is 48.2 Å². The summed E-state index contributed by atoms with van der Waals surface area (Å²) in [5, 5.41) is 13.7. The van der Waals surface area contributed by atoms with Gasteiger partial charge >= 0.3 is 0 Å². The van der Waals surface area contributed by atoms with E-state index in [-0.39, 0.29) is 5.82 Å². The van der Waals surface area contributed by atoms with Gasteiger partial charge in [0.25, 0.3) is 0 Å². The first-order valence-electron chi connectivity index (χ1n) is 11.4. The molecule has 4 aromatic rings. The first-order valence-corrected chi connectivity index (χ1v) is 12.8. The predicted molar refractivity (Wildman–Crippen MR) is 136 cm³/mol. The fourth-order valence-corrected chi connectivity index (χ4v) is 5.95. The summed E-state index contributed by atoms with van der Waals surface area (Å²) < 4.78 is 41.8. The molecule has 0 aliphatic carbocycles. The minimum Gasteiger partial charge on any atom is -0.338 e. The molecule has 2 heterocycles. The topological polar surface area (TPSA) is 78.4 Å². The second-order valence-corrected chi connectivity index (χ2v) is 10.7.